The number of hydrogen-bond donors (Lipinski definition) is 3. The minimum Gasteiger partial charge on any atom is -0.497 e. The van der Waals surface area contributed by atoms with E-state index >= 15 is 0 Å². The van der Waals surface area contributed by atoms with Gasteiger partial charge in [-0.05, 0) is 85.3 Å². The highest BCUT2D eigenvalue weighted by atomic mass is 16.5. The Kier molecular flexibility index (Phi) is 7.67. The Morgan fingerprint density at radius 2 is 1.78 bits per heavy atom. The number of aromatic nitrogens is 1. The van der Waals surface area contributed by atoms with Crippen LogP contribution in [0.25, 0.3) is 10.9 Å². The summed E-state index contributed by atoms with van der Waals surface area (Å²) < 4.78 is 5.35. The lowest BCUT2D eigenvalue weighted by Crippen LogP contribution is -2.54. The summed E-state index contributed by atoms with van der Waals surface area (Å²) in [7, 11) is 1.66. The Hall–Kier alpha value is -3.75. The van der Waals surface area contributed by atoms with Crippen LogP contribution in [-0.2, 0) is 0 Å². The average molecular weight is 491 g/mol. The van der Waals surface area contributed by atoms with E-state index in [4.69, 9.17) is 14.9 Å². The number of ether oxygens (including phenoxy) is 1. The van der Waals surface area contributed by atoms with Gasteiger partial charge in [-0.1, -0.05) is 6.08 Å². The summed E-state index contributed by atoms with van der Waals surface area (Å²) in [5.41, 5.74) is 2.01. The number of aliphatic hydroxyl groups excluding tert-OH is 1. The summed E-state index contributed by atoms with van der Waals surface area (Å²) in [6.07, 6.45) is 5.62. The van der Waals surface area contributed by atoms with Crippen LogP contribution in [0.4, 0.5) is 0 Å². The van der Waals surface area contributed by atoms with Crippen LogP contribution in [0.5, 0.6) is 5.75 Å². The number of fused-ring (bicyclic) bond motifs is 4. The Labute approximate surface area is 209 Å². The first-order valence-corrected chi connectivity index (χ1v) is 11.9. The van der Waals surface area contributed by atoms with Crippen molar-refractivity contribution in [3.05, 3.63) is 84.1 Å². The molecule has 1 aromatic heterocycles. The normalized spacial score (nSPS) is 23.3. The highest BCUT2D eigenvalue weighted by Crippen LogP contribution is 2.42. The van der Waals surface area contributed by atoms with Gasteiger partial charge in [0.05, 0.1) is 29.9 Å². The fourth-order valence-corrected chi connectivity index (χ4v) is 5.20. The third-order valence-electron chi connectivity index (χ3n) is 7.20. The molecule has 3 fully saturated rings. The van der Waals surface area contributed by atoms with Crippen LogP contribution in [0.2, 0.25) is 0 Å². The van der Waals surface area contributed by atoms with E-state index in [1.54, 1.807) is 13.3 Å². The first-order valence-electron chi connectivity index (χ1n) is 11.9. The average Bonchev–Trinajstić information content (AvgIpc) is 2.92. The number of rotatable bonds is 6. The van der Waals surface area contributed by atoms with Crippen LogP contribution < -0.4 is 4.74 Å². The molecule has 3 saturated heterocycles. The zero-order chi connectivity index (χ0) is 25.8. The zero-order valence-corrected chi connectivity index (χ0v) is 20.1. The summed E-state index contributed by atoms with van der Waals surface area (Å²) >= 11 is 0. The van der Waals surface area contributed by atoms with E-state index in [2.05, 4.69) is 22.5 Å². The van der Waals surface area contributed by atoms with Gasteiger partial charge in [-0.3, -0.25) is 9.88 Å². The smallest absolute Gasteiger partial charge is 0.335 e. The second-order valence-corrected chi connectivity index (χ2v) is 9.16. The topological polar surface area (TPSA) is 120 Å². The van der Waals surface area contributed by atoms with Crippen molar-refractivity contribution in [2.24, 2.45) is 11.8 Å². The molecular formula is C28H30N2O6. The van der Waals surface area contributed by atoms with Crippen LogP contribution in [-0.4, -0.2) is 63.4 Å². The Morgan fingerprint density at radius 1 is 1.11 bits per heavy atom. The van der Waals surface area contributed by atoms with Crippen LogP contribution in [0.3, 0.4) is 0 Å². The van der Waals surface area contributed by atoms with Gasteiger partial charge >= 0.3 is 11.9 Å². The number of carboxylic acid groups (broad SMARTS) is 2. The summed E-state index contributed by atoms with van der Waals surface area (Å²) in [4.78, 5) is 27.5. The van der Waals surface area contributed by atoms with Gasteiger partial charge in [0.1, 0.15) is 5.75 Å². The third kappa shape index (κ3) is 5.24. The number of hydrogen-bond acceptors (Lipinski definition) is 6. The Morgan fingerprint density at radius 3 is 2.31 bits per heavy atom. The highest BCUT2D eigenvalue weighted by molar-refractivity contribution is 5.91. The van der Waals surface area contributed by atoms with Crippen molar-refractivity contribution in [1.82, 2.24) is 9.88 Å². The summed E-state index contributed by atoms with van der Waals surface area (Å²) in [5.74, 6) is -0.119. The molecule has 188 valence electrons. The molecule has 3 aromatic rings. The van der Waals surface area contributed by atoms with Crippen molar-refractivity contribution in [2.75, 3.05) is 20.2 Å². The first kappa shape index (κ1) is 25.3. The van der Waals surface area contributed by atoms with Crippen molar-refractivity contribution in [3.8, 4) is 5.75 Å². The van der Waals surface area contributed by atoms with E-state index in [9.17, 15) is 14.7 Å². The number of aromatic carboxylic acids is 2. The highest BCUT2D eigenvalue weighted by Gasteiger charge is 2.42. The van der Waals surface area contributed by atoms with Crippen LogP contribution >= 0.6 is 0 Å². The summed E-state index contributed by atoms with van der Waals surface area (Å²) in [6.45, 7) is 6.07. The summed E-state index contributed by atoms with van der Waals surface area (Å²) in [6, 6.07) is 13.0. The van der Waals surface area contributed by atoms with E-state index in [-0.39, 0.29) is 17.2 Å². The monoisotopic (exact) mass is 490 g/mol. The van der Waals surface area contributed by atoms with Gasteiger partial charge in [0.2, 0.25) is 0 Å². The number of benzene rings is 2. The second kappa shape index (κ2) is 10.9. The van der Waals surface area contributed by atoms with Gasteiger partial charge in [-0.2, -0.15) is 0 Å². The van der Waals surface area contributed by atoms with Crippen molar-refractivity contribution in [1.29, 1.82) is 0 Å². The number of piperidine rings is 3. The predicted octanol–water partition coefficient (Wildman–Crippen LogP) is 4.26. The largest absolute Gasteiger partial charge is 0.497 e. The Bertz CT molecular complexity index is 1230. The second-order valence-electron chi connectivity index (χ2n) is 9.16. The lowest BCUT2D eigenvalue weighted by Gasteiger charge is -2.50. The maximum absolute atomic E-state index is 11.2. The molecule has 8 nitrogen and oxygen atoms in total. The van der Waals surface area contributed by atoms with E-state index < -0.39 is 18.0 Å². The number of nitrogens with zero attached hydrogens (tertiary/aromatic N) is 2. The maximum atomic E-state index is 11.2. The molecule has 3 aliphatic heterocycles. The van der Waals surface area contributed by atoms with Crippen LogP contribution in [0, 0.1) is 11.8 Å². The lowest BCUT2D eigenvalue weighted by molar-refractivity contribution is -0.0444. The molecule has 5 atom stereocenters. The molecule has 8 heteroatoms. The molecule has 0 amide bonds. The predicted molar refractivity (Wildman–Crippen MR) is 135 cm³/mol. The van der Waals surface area contributed by atoms with E-state index in [1.165, 1.54) is 30.7 Å². The van der Waals surface area contributed by atoms with E-state index in [1.807, 2.05) is 24.3 Å². The number of pyridine rings is 1. The van der Waals surface area contributed by atoms with Gasteiger partial charge < -0.3 is 20.1 Å². The quantitative estimate of drug-likeness (QED) is 0.439. The molecule has 0 spiro atoms. The molecular weight excluding hydrogens is 460 g/mol. The van der Waals surface area contributed by atoms with Crippen molar-refractivity contribution in [3.63, 3.8) is 0 Å². The standard InChI is InChI=1S/C20H24N2O2.C8H6O4/c1-3-13-12-22-9-7-14(13)10-19(22)20(23)16-6-8-21-18-5-4-15(24-2)11-17(16)18;9-7(10)5-1-2-6(4-3-5)8(11)12/h3-6,8,11,13-14,19-20,23H,1,7,9-10,12H2,2H3;1-4H,(H,9,10)(H,11,12)/t13-,14-,19-,20+;/m0./s1. The molecule has 0 radical (unpaired) electrons. The molecule has 6 rings (SSSR count). The van der Waals surface area contributed by atoms with E-state index in [0.717, 1.165) is 41.7 Å². The van der Waals surface area contributed by atoms with Gasteiger partial charge in [0, 0.05) is 24.2 Å². The SMILES string of the molecule is C=C[C@H]1C[N@]2CC[C@H]1C[C@H]2[C@H](O)c1ccnc2ccc(OC)cc12.O=C(O)c1ccc(C(=O)O)cc1. The fraction of sp³-hybridized carbons (Fsp3) is 0.321. The lowest BCUT2D eigenvalue weighted by atomic mass is 9.73. The molecule has 36 heavy (non-hydrogen) atoms. The fourth-order valence-electron chi connectivity index (χ4n) is 5.20. The van der Waals surface area contributed by atoms with Gasteiger partial charge in [-0.25, -0.2) is 9.59 Å². The molecule has 0 aliphatic carbocycles. The third-order valence-corrected chi connectivity index (χ3v) is 7.20. The van der Waals surface area contributed by atoms with Crippen LogP contribution in [0.15, 0.2) is 67.4 Å². The van der Waals surface area contributed by atoms with Crippen molar-refractivity contribution < 1.29 is 29.6 Å². The number of carbonyl (C=O) groups is 2. The van der Waals surface area contributed by atoms with E-state index in [0.29, 0.717) is 11.8 Å². The first-order chi connectivity index (χ1) is 17.3. The number of carboxylic acids is 2. The molecule has 0 unspecified atom stereocenters. The molecule has 4 heterocycles. The zero-order valence-electron chi connectivity index (χ0n) is 20.1. The van der Waals surface area contributed by atoms with Crippen LogP contribution in [0.1, 0.15) is 45.2 Å². The maximum Gasteiger partial charge on any atom is 0.335 e. The molecule has 2 aromatic carbocycles. The molecule has 3 N–H and O–H groups in total. The van der Waals surface area contributed by atoms with Gasteiger partial charge in [0.15, 0.2) is 0 Å². The Balaban J connectivity index is 0.000000214. The van der Waals surface area contributed by atoms with Gasteiger partial charge in [-0.15, -0.1) is 6.58 Å². The molecule has 0 saturated carbocycles. The molecule has 3 aliphatic rings. The minimum absolute atomic E-state index is 0.0833. The van der Waals surface area contributed by atoms with Crippen molar-refractivity contribution >= 4 is 22.8 Å². The number of aliphatic hydroxyl groups is 1. The number of methoxy groups -OCH3 is 1. The molecule has 2 bridgehead atoms. The van der Waals surface area contributed by atoms with Gasteiger partial charge in [0.25, 0.3) is 0 Å². The minimum atomic E-state index is -1.06. The van der Waals surface area contributed by atoms with Crippen molar-refractivity contribution in [2.45, 2.75) is 25.0 Å². The summed E-state index contributed by atoms with van der Waals surface area (Å²) in [5, 5.41) is 29.1.